The van der Waals surface area contributed by atoms with Gasteiger partial charge < -0.3 is 15.2 Å². The van der Waals surface area contributed by atoms with Crippen molar-refractivity contribution in [3.8, 4) is 5.75 Å². The zero-order valence-electron chi connectivity index (χ0n) is 14.7. The lowest BCUT2D eigenvalue weighted by Gasteiger charge is -2.25. The van der Waals surface area contributed by atoms with Gasteiger partial charge in [0.1, 0.15) is 5.75 Å². The van der Waals surface area contributed by atoms with Crippen LogP contribution in [0.4, 0.5) is 0 Å². The highest BCUT2D eigenvalue weighted by Crippen LogP contribution is 2.14. The molecule has 134 valence electrons. The molecular formula is C18H23N3O4. The maximum atomic E-state index is 12.3. The van der Waals surface area contributed by atoms with E-state index in [1.54, 1.807) is 31.8 Å². The first-order chi connectivity index (χ1) is 11.8. The van der Waals surface area contributed by atoms with Crippen molar-refractivity contribution in [2.24, 2.45) is 0 Å². The molecule has 2 rings (SSSR count). The fourth-order valence-corrected chi connectivity index (χ4v) is 2.35. The predicted molar refractivity (Wildman–Crippen MR) is 92.7 cm³/mol. The maximum Gasteiger partial charge on any atom is 0.303 e. The molecule has 0 fully saturated rings. The third-order valence-corrected chi connectivity index (χ3v) is 3.81. The third-order valence-electron chi connectivity index (χ3n) is 3.81. The molecule has 25 heavy (non-hydrogen) atoms. The molecule has 1 aromatic carbocycles. The molecule has 0 unspecified atom stereocenters. The van der Waals surface area contributed by atoms with Crippen molar-refractivity contribution in [2.45, 2.75) is 38.8 Å². The van der Waals surface area contributed by atoms with Gasteiger partial charge in [0.25, 0.3) is 5.91 Å². The summed E-state index contributed by atoms with van der Waals surface area (Å²) in [6, 6.07) is 7.62. The van der Waals surface area contributed by atoms with Gasteiger partial charge in [-0.15, -0.1) is 0 Å². The van der Waals surface area contributed by atoms with Crippen molar-refractivity contribution in [2.75, 3.05) is 7.11 Å². The van der Waals surface area contributed by atoms with Crippen molar-refractivity contribution in [1.29, 1.82) is 0 Å². The monoisotopic (exact) mass is 345 g/mol. The molecule has 1 amide bonds. The Bertz CT molecular complexity index is 735. The SMILES string of the molecule is COc1ccc(Cn2cc(C(=O)NC(C)(C)CCC(=O)O)cn2)cc1. The van der Waals surface area contributed by atoms with Crippen LogP contribution in [0.25, 0.3) is 0 Å². The molecule has 0 radical (unpaired) electrons. The van der Waals surface area contributed by atoms with Gasteiger partial charge in [-0.05, 0) is 38.0 Å². The minimum atomic E-state index is -0.880. The number of hydrogen-bond acceptors (Lipinski definition) is 4. The molecule has 0 spiro atoms. The summed E-state index contributed by atoms with van der Waals surface area (Å²) in [6.45, 7) is 4.14. The molecule has 0 aliphatic carbocycles. The number of ether oxygens (including phenoxy) is 1. The Morgan fingerprint density at radius 2 is 1.96 bits per heavy atom. The summed E-state index contributed by atoms with van der Waals surface area (Å²) in [6.07, 6.45) is 3.54. The molecular weight excluding hydrogens is 322 g/mol. The smallest absolute Gasteiger partial charge is 0.303 e. The van der Waals surface area contributed by atoms with E-state index in [1.165, 1.54) is 6.20 Å². The number of carbonyl (C=O) groups is 2. The first-order valence-corrected chi connectivity index (χ1v) is 7.99. The third kappa shape index (κ3) is 5.63. The summed E-state index contributed by atoms with van der Waals surface area (Å²) < 4.78 is 6.81. The second kappa shape index (κ2) is 7.83. The number of carboxylic acids is 1. The van der Waals surface area contributed by atoms with E-state index in [4.69, 9.17) is 9.84 Å². The lowest BCUT2D eigenvalue weighted by Crippen LogP contribution is -2.43. The highest BCUT2D eigenvalue weighted by atomic mass is 16.5. The number of nitrogens with zero attached hydrogens (tertiary/aromatic N) is 2. The Hall–Kier alpha value is -2.83. The average molecular weight is 345 g/mol. The Balaban J connectivity index is 1.97. The number of aromatic nitrogens is 2. The van der Waals surface area contributed by atoms with Crippen LogP contribution in [-0.2, 0) is 11.3 Å². The molecule has 2 N–H and O–H groups in total. The molecule has 1 heterocycles. The van der Waals surface area contributed by atoms with E-state index in [-0.39, 0.29) is 12.3 Å². The number of nitrogens with one attached hydrogen (secondary N) is 1. The van der Waals surface area contributed by atoms with Gasteiger partial charge in [-0.2, -0.15) is 5.10 Å². The fourth-order valence-electron chi connectivity index (χ4n) is 2.35. The van der Waals surface area contributed by atoms with Gasteiger partial charge in [-0.25, -0.2) is 0 Å². The van der Waals surface area contributed by atoms with E-state index >= 15 is 0 Å². The number of carboxylic acid groups (broad SMARTS) is 1. The largest absolute Gasteiger partial charge is 0.497 e. The van der Waals surface area contributed by atoms with Gasteiger partial charge >= 0.3 is 5.97 Å². The predicted octanol–water partition coefficient (Wildman–Crippen LogP) is 2.31. The highest BCUT2D eigenvalue weighted by molar-refractivity contribution is 5.94. The normalized spacial score (nSPS) is 11.2. The van der Waals surface area contributed by atoms with Crippen molar-refractivity contribution in [1.82, 2.24) is 15.1 Å². The van der Waals surface area contributed by atoms with Gasteiger partial charge in [0.15, 0.2) is 0 Å². The Morgan fingerprint density at radius 1 is 1.28 bits per heavy atom. The molecule has 0 bridgehead atoms. The zero-order chi connectivity index (χ0) is 18.4. The van der Waals surface area contributed by atoms with Crippen molar-refractivity contribution in [3.05, 3.63) is 47.8 Å². The lowest BCUT2D eigenvalue weighted by atomic mass is 9.98. The van der Waals surface area contributed by atoms with Crippen LogP contribution in [0, 0.1) is 0 Å². The van der Waals surface area contributed by atoms with Gasteiger partial charge in [-0.1, -0.05) is 12.1 Å². The van der Waals surface area contributed by atoms with Gasteiger partial charge in [0.2, 0.25) is 0 Å². The molecule has 2 aromatic rings. The number of aliphatic carboxylic acids is 1. The number of amides is 1. The molecule has 7 heteroatoms. The molecule has 0 aliphatic rings. The van der Waals surface area contributed by atoms with E-state index in [9.17, 15) is 9.59 Å². The van der Waals surface area contributed by atoms with E-state index in [0.717, 1.165) is 11.3 Å². The summed E-state index contributed by atoms with van der Waals surface area (Å²) in [5.74, 6) is -0.362. The Labute approximate surface area is 146 Å². The maximum absolute atomic E-state index is 12.3. The summed E-state index contributed by atoms with van der Waals surface area (Å²) >= 11 is 0. The highest BCUT2D eigenvalue weighted by Gasteiger charge is 2.22. The topological polar surface area (TPSA) is 93.5 Å². The number of hydrogen-bond donors (Lipinski definition) is 2. The summed E-state index contributed by atoms with van der Waals surface area (Å²) in [5, 5.41) is 15.8. The fraction of sp³-hybridized carbons (Fsp3) is 0.389. The van der Waals surface area contributed by atoms with Gasteiger partial charge in [-0.3, -0.25) is 14.3 Å². The van der Waals surface area contributed by atoms with Crippen molar-refractivity contribution in [3.63, 3.8) is 0 Å². The molecule has 0 atom stereocenters. The van der Waals surface area contributed by atoms with Crippen LogP contribution in [0.2, 0.25) is 0 Å². The van der Waals surface area contributed by atoms with Crippen molar-refractivity contribution < 1.29 is 19.4 Å². The van der Waals surface area contributed by atoms with Crippen LogP contribution < -0.4 is 10.1 Å². The minimum absolute atomic E-state index is 0.00398. The van der Waals surface area contributed by atoms with E-state index in [2.05, 4.69) is 10.4 Å². The van der Waals surface area contributed by atoms with Gasteiger partial charge in [0.05, 0.1) is 25.4 Å². The van der Waals surface area contributed by atoms with Gasteiger partial charge in [0, 0.05) is 18.2 Å². The summed E-state index contributed by atoms with van der Waals surface area (Å²) in [7, 11) is 1.62. The Morgan fingerprint density at radius 3 is 2.56 bits per heavy atom. The van der Waals surface area contributed by atoms with Crippen LogP contribution in [0.1, 0.15) is 42.6 Å². The number of methoxy groups -OCH3 is 1. The Kier molecular flexibility index (Phi) is 5.80. The van der Waals surface area contributed by atoms with Crippen LogP contribution in [0.5, 0.6) is 5.75 Å². The quantitative estimate of drug-likeness (QED) is 0.766. The van der Waals surface area contributed by atoms with E-state index in [1.807, 2.05) is 24.3 Å². The molecule has 1 aromatic heterocycles. The van der Waals surface area contributed by atoms with Crippen LogP contribution in [0.15, 0.2) is 36.7 Å². The number of carbonyl (C=O) groups excluding carboxylic acids is 1. The second-order valence-electron chi connectivity index (χ2n) is 6.51. The van der Waals surface area contributed by atoms with Crippen LogP contribution in [-0.4, -0.2) is 39.4 Å². The first-order valence-electron chi connectivity index (χ1n) is 7.99. The number of rotatable bonds is 8. The molecule has 0 aliphatic heterocycles. The molecule has 0 saturated heterocycles. The van der Waals surface area contributed by atoms with E-state index in [0.29, 0.717) is 18.5 Å². The summed E-state index contributed by atoms with van der Waals surface area (Å²) in [5.41, 5.74) is 0.877. The standard InChI is InChI=1S/C18H23N3O4/c1-18(2,9-8-16(22)23)20-17(24)14-10-19-21(12-14)11-13-4-6-15(25-3)7-5-13/h4-7,10,12H,8-9,11H2,1-3H3,(H,20,24)(H,22,23). The first kappa shape index (κ1) is 18.5. The zero-order valence-corrected chi connectivity index (χ0v) is 14.7. The van der Waals surface area contributed by atoms with Crippen LogP contribution >= 0.6 is 0 Å². The second-order valence-corrected chi connectivity index (χ2v) is 6.51. The van der Waals surface area contributed by atoms with Crippen LogP contribution in [0.3, 0.4) is 0 Å². The number of benzene rings is 1. The summed E-state index contributed by atoms with van der Waals surface area (Å²) in [4.78, 5) is 23.0. The molecule has 0 saturated carbocycles. The molecule has 7 nitrogen and oxygen atoms in total. The van der Waals surface area contributed by atoms with Crippen molar-refractivity contribution >= 4 is 11.9 Å². The van der Waals surface area contributed by atoms with E-state index < -0.39 is 11.5 Å². The lowest BCUT2D eigenvalue weighted by molar-refractivity contribution is -0.137. The minimum Gasteiger partial charge on any atom is -0.497 e. The average Bonchev–Trinajstić information content (AvgIpc) is 3.02.